The molecule has 0 heterocycles. The maximum atomic E-state index is 11.0. The van der Waals surface area contributed by atoms with Gasteiger partial charge in [-0.05, 0) is 28.2 Å². The second-order valence-corrected chi connectivity index (χ2v) is 7.98. The molecule has 0 radical (unpaired) electrons. The molecule has 3 aromatic rings. The van der Waals surface area contributed by atoms with E-state index in [9.17, 15) is 10.2 Å². The zero-order valence-electron chi connectivity index (χ0n) is 16.6. The van der Waals surface area contributed by atoms with Crippen molar-refractivity contribution in [1.29, 1.82) is 0 Å². The van der Waals surface area contributed by atoms with Crippen LogP contribution in [0.4, 0.5) is 0 Å². The largest absolute Gasteiger partial charge is 0.507 e. The molecule has 0 unspecified atom stereocenters. The van der Waals surface area contributed by atoms with Crippen molar-refractivity contribution in [3.05, 3.63) is 101 Å². The summed E-state index contributed by atoms with van der Waals surface area (Å²) in [5.74, 6) is 0.236. The predicted octanol–water partition coefficient (Wildman–Crippen LogP) is 5.58. The normalized spacial score (nSPS) is 14.1. The number of benzene rings is 3. The van der Waals surface area contributed by atoms with Crippen LogP contribution in [0.2, 0.25) is 0 Å². The number of aromatic hydroxyl groups is 1. The van der Waals surface area contributed by atoms with Crippen LogP contribution in [0.15, 0.2) is 83.9 Å². The van der Waals surface area contributed by atoms with Crippen molar-refractivity contribution in [2.24, 2.45) is 4.99 Å². The smallest absolute Gasteiger partial charge is 0.128 e. The predicted molar refractivity (Wildman–Crippen MR) is 115 cm³/mol. The number of hydrogen-bond donors (Lipinski definition) is 2. The summed E-state index contributed by atoms with van der Waals surface area (Å²) in [4.78, 5) is 4.69. The molecule has 0 aliphatic carbocycles. The van der Waals surface area contributed by atoms with Crippen LogP contribution in [0.1, 0.15) is 55.2 Å². The number of phenolic OH excluding ortho intramolecular Hbond substituents is 1. The number of aliphatic imine (C=N–C) groups is 1. The van der Waals surface area contributed by atoms with E-state index in [1.54, 1.807) is 6.21 Å². The Kier molecular flexibility index (Phi) is 5.96. The average molecular weight is 373 g/mol. The topological polar surface area (TPSA) is 52.8 Å². The van der Waals surface area contributed by atoms with E-state index in [1.807, 2.05) is 78.9 Å². The molecule has 0 aliphatic heterocycles. The van der Waals surface area contributed by atoms with Crippen LogP contribution >= 0.6 is 0 Å². The van der Waals surface area contributed by atoms with Crippen LogP contribution in [0.3, 0.4) is 0 Å². The Bertz CT molecular complexity index is 928. The van der Waals surface area contributed by atoms with E-state index < -0.39 is 12.1 Å². The van der Waals surface area contributed by atoms with Crippen molar-refractivity contribution in [2.45, 2.75) is 38.3 Å². The molecular weight excluding hydrogens is 346 g/mol. The summed E-state index contributed by atoms with van der Waals surface area (Å²) >= 11 is 0. The summed E-state index contributed by atoms with van der Waals surface area (Å²) in [6, 6.07) is 24.5. The van der Waals surface area contributed by atoms with Gasteiger partial charge in [0.2, 0.25) is 0 Å². The summed E-state index contributed by atoms with van der Waals surface area (Å²) in [5, 5.41) is 21.7. The van der Waals surface area contributed by atoms with E-state index in [0.29, 0.717) is 5.56 Å². The Balaban J connectivity index is 1.99. The molecule has 3 rings (SSSR count). The molecule has 0 fully saturated rings. The van der Waals surface area contributed by atoms with Gasteiger partial charge < -0.3 is 10.2 Å². The number of nitrogens with zero attached hydrogens (tertiary/aromatic N) is 1. The van der Waals surface area contributed by atoms with E-state index in [-0.39, 0.29) is 11.2 Å². The van der Waals surface area contributed by atoms with Gasteiger partial charge in [-0.2, -0.15) is 0 Å². The van der Waals surface area contributed by atoms with Gasteiger partial charge in [-0.25, -0.2) is 0 Å². The number of para-hydroxylation sites is 1. The van der Waals surface area contributed by atoms with Crippen molar-refractivity contribution >= 4 is 6.21 Å². The van der Waals surface area contributed by atoms with Gasteiger partial charge in [0.1, 0.15) is 17.9 Å². The fraction of sp³-hybridized carbons (Fsp3) is 0.240. The Morgan fingerprint density at radius 2 is 1.36 bits per heavy atom. The van der Waals surface area contributed by atoms with E-state index >= 15 is 0 Å². The lowest BCUT2D eigenvalue weighted by Gasteiger charge is -2.22. The quantitative estimate of drug-likeness (QED) is 0.573. The third kappa shape index (κ3) is 4.49. The van der Waals surface area contributed by atoms with Gasteiger partial charge in [0.15, 0.2) is 0 Å². The zero-order chi connectivity index (χ0) is 20.1. The number of hydrogen-bond acceptors (Lipinski definition) is 3. The van der Waals surface area contributed by atoms with Gasteiger partial charge in [-0.3, -0.25) is 4.99 Å². The molecule has 0 saturated heterocycles. The van der Waals surface area contributed by atoms with E-state index in [4.69, 9.17) is 0 Å². The lowest BCUT2D eigenvalue weighted by molar-refractivity contribution is 0.148. The van der Waals surface area contributed by atoms with Crippen LogP contribution in [0, 0.1) is 0 Å². The molecule has 0 saturated carbocycles. The lowest BCUT2D eigenvalue weighted by atomic mass is 9.85. The van der Waals surface area contributed by atoms with Crippen molar-refractivity contribution in [3.63, 3.8) is 0 Å². The van der Waals surface area contributed by atoms with Crippen molar-refractivity contribution in [3.8, 4) is 5.75 Å². The highest BCUT2D eigenvalue weighted by Crippen LogP contribution is 2.34. The minimum atomic E-state index is -0.784. The molecule has 0 spiro atoms. The Hall–Kier alpha value is -2.91. The van der Waals surface area contributed by atoms with E-state index in [0.717, 1.165) is 16.7 Å². The van der Waals surface area contributed by atoms with Crippen LogP contribution in [-0.4, -0.2) is 16.4 Å². The summed E-state index contributed by atoms with van der Waals surface area (Å²) in [6.07, 6.45) is 0.877. The molecule has 28 heavy (non-hydrogen) atoms. The van der Waals surface area contributed by atoms with Crippen molar-refractivity contribution < 1.29 is 10.2 Å². The fourth-order valence-corrected chi connectivity index (χ4v) is 3.26. The minimum absolute atomic E-state index is 0.170. The lowest BCUT2D eigenvalue weighted by Crippen LogP contribution is -2.12. The summed E-state index contributed by atoms with van der Waals surface area (Å²) in [5.41, 5.74) is 3.07. The highest BCUT2D eigenvalue weighted by molar-refractivity contribution is 5.84. The van der Waals surface area contributed by atoms with Gasteiger partial charge in [0.05, 0.1) is 0 Å². The van der Waals surface area contributed by atoms with Gasteiger partial charge in [0, 0.05) is 11.8 Å². The Morgan fingerprint density at radius 1 is 0.786 bits per heavy atom. The molecule has 2 N–H and O–H groups in total. The highest BCUT2D eigenvalue weighted by atomic mass is 16.3. The highest BCUT2D eigenvalue weighted by Gasteiger charge is 2.22. The number of rotatable bonds is 5. The molecule has 3 heteroatoms. The van der Waals surface area contributed by atoms with Crippen LogP contribution in [0.25, 0.3) is 0 Å². The zero-order valence-corrected chi connectivity index (χ0v) is 16.6. The standard InChI is InChI=1S/C25H27NO2/c1-25(2,3)21-16-10-15-20(23(21)27)17-26-22(18-11-6-4-7-12-18)24(28)19-13-8-5-9-14-19/h4-17,22,24,27-28H,1-3H3/t22-,24+/m0/s1. The molecule has 0 aliphatic rings. The number of phenols is 1. The second-order valence-electron chi connectivity index (χ2n) is 7.98. The van der Waals surface area contributed by atoms with Crippen LogP contribution in [0.5, 0.6) is 5.75 Å². The first-order valence-electron chi connectivity index (χ1n) is 9.51. The maximum absolute atomic E-state index is 11.0. The van der Waals surface area contributed by atoms with Crippen LogP contribution in [-0.2, 0) is 5.41 Å². The molecule has 0 amide bonds. The van der Waals surface area contributed by atoms with Crippen molar-refractivity contribution in [1.82, 2.24) is 0 Å². The summed E-state index contributed by atoms with van der Waals surface area (Å²) < 4.78 is 0. The van der Waals surface area contributed by atoms with Gasteiger partial charge in [-0.1, -0.05) is 93.6 Å². The summed E-state index contributed by atoms with van der Waals surface area (Å²) in [7, 11) is 0. The second kappa shape index (κ2) is 8.41. The molecular formula is C25H27NO2. The molecule has 3 nitrogen and oxygen atoms in total. The molecule has 3 aromatic carbocycles. The van der Waals surface area contributed by atoms with Gasteiger partial charge in [-0.15, -0.1) is 0 Å². The first-order chi connectivity index (χ1) is 13.4. The van der Waals surface area contributed by atoms with E-state index in [1.165, 1.54) is 0 Å². The molecule has 2 atom stereocenters. The summed E-state index contributed by atoms with van der Waals surface area (Å²) in [6.45, 7) is 6.19. The molecule has 0 bridgehead atoms. The SMILES string of the molecule is CC(C)(C)c1cccc(C=N[C@@H](c2ccccc2)[C@H](O)c2ccccc2)c1O. The minimum Gasteiger partial charge on any atom is -0.507 e. The molecule has 144 valence electrons. The number of aliphatic hydroxyl groups is 1. The first-order valence-corrected chi connectivity index (χ1v) is 9.51. The number of aliphatic hydroxyl groups excluding tert-OH is 1. The first kappa shape index (κ1) is 19.8. The average Bonchev–Trinajstić information content (AvgIpc) is 2.69. The fourth-order valence-electron chi connectivity index (χ4n) is 3.26. The van der Waals surface area contributed by atoms with Gasteiger partial charge in [0.25, 0.3) is 0 Å². The third-order valence-electron chi connectivity index (χ3n) is 4.83. The third-order valence-corrected chi connectivity index (χ3v) is 4.83. The van der Waals surface area contributed by atoms with Crippen molar-refractivity contribution in [2.75, 3.05) is 0 Å². The Labute approximate surface area is 167 Å². The maximum Gasteiger partial charge on any atom is 0.128 e. The Morgan fingerprint density at radius 3 is 1.93 bits per heavy atom. The van der Waals surface area contributed by atoms with Gasteiger partial charge >= 0.3 is 0 Å². The molecule has 0 aromatic heterocycles. The van der Waals surface area contributed by atoms with E-state index in [2.05, 4.69) is 25.8 Å². The monoisotopic (exact) mass is 373 g/mol. The van der Waals surface area contributed by atoms with Crippen LogP contribution < -0.4 is 0 Å².